The first-order valence-electron chi connectivity index (χ1n) is 8.50. The van der Waals surface area contributed by atoms with E-state index in [1.165, 1.54) is 0 Å². The van der Waals surface area contributed by atoms with Crippen molar-refractivity contribution in [3.05, 3.63) is 60.3 Å². The first-order valence-corrected chi connectivity index (χ1v) is 8.50. The van der Waals surface area contributed by atoms with Crippen LogP contribution in [-0.4, -0.2) is 44.1 Å². The van der Waals surface area contributed by atoms with Crippen LogP contribution in [0.15, 0.2) is 53.7 Å². The molecule has 4 aromatic rings. The van der Waals surface area contributed by atoms with Crippen molar-refractivity contribution in [2.45, 2.75) is 13.0 Å². The molecular weight excluding hydrogens is 328 g/mol. The Bertz CT molecular complexity index is 1010. The number of aliphatic imine (C=N–C) groups is 1. The zero-order chi connectivity index (χ0) is 17.8. The summed E-state index contributed by atoms with van der Waals surface area (Å²) in [7, 11) is 1.75. The Labute approximate surface area is 150 Å². The van der Waals surface area contributed by atoms with E-state index < -0.39 is 0 Å². The SMILES string of the molecule is CN=C(NCCc1nc2ccccc2[nH]1)NCc1nnc2ccccn12. The van der Waals surface area contributed by atoms with Gasteiger partial charge in [0.1, 0.15) is 5.82 Å². The van der Waals surface area contributed by atoms with Crippen molar-refractivity contribution >= 4 is 22.6 Å². The molecule has 0 unspecified atom stereocenters. The van der Waals surface area contributed by atoms with E-state index in [1.54, 1.807) is 7.05 Å². The monoisotopic (exact) mass is 348 g/mol. The van der Waals surface area contributed by atoms with Crippen molar-refractivity contribution in [2.75, 3.05) is 13.6 Å². The molecule has 8 heteroatoms. The Morgan fingerprint density at radius 1 is 1.12 bits per heavy atom. The molecule has 26 heavy (non-hydrogen) atoms. The van der Waals surface area contributed by atoms with E-state index in [9.17, 15) is 0 Å². The summed E-state index contributed by atoms with van der Waals surface area (Å²) in [5.74, 6) is 2.51. The number of fused-ring (bicyclic) bond motifs is 2. The number of imidazole rings is 1. The zero-order valence-electron chi connectivity index (χ0n) is 14.5. The molecule has 0 aliphatic rings. The molecular formula is C18H20N8. The molecule has 3 N–H and O–H groups in total. The third kappa shape index (κ3) is 3.34. The summed E-state index contributed by atoms with van der Waals surface area (Å²) in [4.78, 5) is 12.2. The first kappa shape index (κ1) is 16.1. The molecule has 0 saturated carbocycles. The van der Waals surface area contributed by atoms with E-state index in [4.69, 9.17) is 0 Å². The summed E-state index contributed by atoms with van der Waals surface area (Å²) in [5.41, 5.74) is 2.88. The van der Waals surface area contributed by atoms with Crippen molar-refractivity contribution < 1.29 is 0 Å². The third-order valence-electron chi connectivity index (χ3n) is 4.11. The molecule has 3 aromatic heterocycles. The van der Waals surface area contributed by atoms with Gasteiger partial charge in [0.05, 0.1) is 17.6 Å². The summed E-state index contributed by atoms with van der Waals surface area (Å²) in [6.45, 7) is 1.26. The van der Waals surface area contributed by atoms with Gasteiger partial charge in [-0.2, -0.15) is 0 Å². The van der Waals surface area contributed by atoms with Crippen LogP contribution in [0, 0.1) is 0 Å². The van der Waals surface area contributed by atoms with Gasteiger partial charge in [0, 0.05) is 26.2 Å². The minimum absolute atomic E-state index is 0.537. The maximum atomic E-state index is 4.58. The summed E-state index contributed by atoms with van der Waals surface area (Å²) in [5, 5.41) is 14.9. The number of H-pyrrole nitrogens is 1. The van der Waals surface area contributed by atoms with Crippen molar-refractivity contribution in [1.29, 1.82) is 0 Å². The number of rotatable bonds is 5. The van der Waals surface area contributed by atoms with Gasteiger partial charge in [-0.05, 0) is 24.3 Å². The van der Waals surface area contributed by atoms with Crippen molar-refractivity contribution in [3.63, 3.8) is 0 Å². The largest absolute Gasteiger partial charge is 0.356 e. The molecule has 0 radical (unpaired) electrons. The second kappa shape index (κ2) is 7.22. The number of hydrogen-bond donors (Lipinski definition) is 3. The second-order valence-electron chi connectivity index (χ2n) is 5.85. The van der Waals surface area contributed by atoms with Crippen molar-refractivity contribution in [2.24, 2.45) is 4.99 Å². The molecule has 0 aliphatic heterocycles. The molecule has 4 rings (SSSR count). The Morgan fingerprint density at radius 2 is 2.00 bits per heavy atom. The lowest BCUT2D eigenvalue weighted by molar-refractivity contribution is 0.749. The Morgan fingerprint density at radius 3 is 2.88 bits per heavy atom. The number of nitrogens with one attached hydrogen (secondary N) is 3. The van der Waals surface area contributed by atoms with Gasteiger partial charge in [0.15, 0.2) is 17.4 Å². The van der Waals surface area contributed by atoms with Crippen LogP contribution in [0.2, 0.25) is 0 Å². The fourth-order valence-electron chi connectivity index (χ4n) is 2.82. The highest BCUT2D eigenvalue weighted by molar-refractivity contribution is 5.79. The van der Waals surface area contributed by atoms with Crippen LogP contribution in [0.1, 0.15) is 11.6 Å². The molecule has 132 valence electrons. The number of para-hydroxylation sites is 2. The van der Waals surface area contributed by atoms with Crippen LogP contribution in [-0.2, 0) is 13.0 Å². The van der Waals surface area contributed by atoms with Gasteiger partial charge in [-0.1, -0.05) is 18.2 Å². The zero-order valence-corrected chi connectivity index (χ0v) is 14.5. The van der Waals surface area contributed by atoms with Crippen molar-refractivity contribution in [1.82, 2.24) is 35.2 Å². The van der Waals surface area contributed by atoms with Crippen LogP contribution in [0.25, 0.3) is 16.7 Å². The molecule has 0 fully saturated rings. The lowest BCUT2D eigenvalue weighted by Gasteiger charge is -2.10. The van der Waals surface area contributed by atoms with Gasteiger partial charge < -0.3 is 15.6 Å². The van der Waals surface area contributed by atoms with Gasteiger partial charge in [0.25, 0.3) is 0 Å². The number of aromatic nitrogens is 5. The Hall–Kier alpha value is -3.42. The molecule has 0 amide bonds. The van der Waals surface area contributed by atoms with Crippen LogP contribution in [0.5, 0.6) is 0 Å². The molecule has 0 spiro atoms. The Balaban J connectivity index is 1.32. The minimum atomic E-state index is 0.537. The van der Waals surface area contributed by atoms with Crippen LogP contribution < -0.4 is 10.6 Å². The summed E-state index contributed by atoms with van der Waals surface area (Å²) in [6.07, 6.45) is 2.73. The molecule has 0 atom stereocenters. The molecule has 3 heterocycles. The van der Waals surface area contributed by atoms with Gasteiger partial charge in [0.2, 0.25) is 0 Å². The fraction of sp³-hybridized carbons (Fsp3) is 0.222. The molecule has 8 nitrogen and oxygen atoms in total. The first-order chi connectivity index (χ1) is 12.8. The van der Waals surface area contributed by atoms with Gasteiger partial charge in [-0.3, -0.25) is 9.39 Å². The van der Waals surface area contributed by atoms with Gasteiger partial charge in [-0.15, -0.1) is 10.2 Å². The van der Waals surface area contributed by atoms with Crippen LogP contribution in [0.4, 0.5) is 0 Å². The number of nitrogens with zero attached hydrogens (tertiary/aromatic N) is 5. The standard InChI is InChI=1S/C18H20N8/c1-19-18(21-12-17-25-24-16-8-4-5-11-26(16)17)20-10-9-15-22-13-6-2-3-7-14(13)23-15/h2-8,11H,9-10,12H2,1H3,(H,22,23)(H2,19,20,21). The predicted molar refractivity (Wildman–Crippen MR) is 101 cm³/mol. The smallest absolute Gasteiger partial charge is 0.191 e. The lowest BCUT2D eigenvalue weighted by Crippen LogP contribution is -2.38. The number of aromatic amines is 1. The fourth-order valence-corrected chi connectivity index (χ4v) is 2.82. The van der Waals surface area contributed by atoms with E-state index in [1.807, 2.05) is 53.1 Å². The van der Waals surface area contributed by atoms with E-state index in [2.05, 4.69) is 35.8 Å². The second-order valence-corrected chi connectivity index (χ2v) is 5.85. The maximum absolute atomic E-state index is 4.58. The van der Waals surface area contributed by atoms with Gasteiger partial charge >= 0.3 is 0 Å². The minimum Gasteiger partial charge on any atom is -0.356 e. The lowest BCUT2D eigenvalue weighted by atomic mass is 10.3. The number of pyridine rings is 1. The maximum Gasteiger partial charge on any atom is 0.191 e. The number of guanidine groups is 1. The molecule has 0 aliphatic carbocycles. The number of hydrogen-bond acceptors (Lipinski definition) is 4. The quantitative estimate of drug-likeness (QED) is 0.375. The summed E-state index contributed by atoms with van der Waals surface area (Å²) >= 11 is 0. The van der Waals surface area contributed by atoms with E-state index in [0.717, 1.165) is 41.3 Å². The molecule has 1 aromatic carbocycles. The van der Waals surface area contributed by atoms with Gasteiger partial charge in [-0.25, -0.2) is 4.98 Å². The predicted octanol–water partition coefficient (Wildman–Crippen LogP) is 1.51. The van der Waals surface area contributed by atoms with Crippen molar-refractivity contribution in [3.8, 4) is 0 Å². The highest BCUT2D eigenvalue weighted by Crippen LogP contribution is 2.10. The molecule has 0 saturated heterocycles. The summed E-state index contributed by atoms with van der Waals surface area (Å²) in [6, 6.07) is 13.9. The van der Waals surface area contributed by atoms with E-state index >= 15 is 0 Å². The van der Waals surface area contributed by atoms with Crippen LogP contribution >= 0.6 is 0 Å². The average molecular weight is 348 g/mol. The number of benzene rings is 1. The van der Waals surface area contributed by atoms with Crippen LogP contribution in [0.3, 0.4) is 0 Å². The Kier molecular flexibility index (Phi) is 4.46. The highest BCUT2D eigenvalue weighted by Gasteiger charge is 2.06. The van der Waals surface area contributed by atoms with E-state index in [0.29, 0.717) is 12.5 Å². The summed E-state index contributed by atoms with van der Waals surface area (Å²) < 4.78 is 1.95. The normalized spacial score (nSPS) is 12.0. The topological polar surface area (TPSA) is 95.3 Å². The third-order valence-corrected chi connectivity index (χ3v) is 4.11. The van der Waals surface area contributed by atoms with E-state index in [-0.39, 0.29) is 0 Å². The average Bonchev–Trinajstić information content (AvgIpc) is 3.28. The highest BCUT2D eigenvalue weighted by atomic mass is 15.3. The molecule has 0 bridgehead atoms.